The summed E-state index contributed by atoms with van der Waals surface area (Å²) in [6.07, 6.45) is 0. The first-order valence-corrected chi connectivity index (χ1v) is 19.5. The molecule has 0 saturated heterocycles. The largest absolute Gasteiger partial charge is 0.434 e. The smallest absolute Gasteiger partial charge is 0.393 e. The zero-order valence-corrected chi connectivity index (χ0v) is 21.4. The van der Waals surface area contributed by atoms with Gasteiger partial charge in [0, 0.05) is 5.73 Å². The van der Waals surface area contributed by atoms with E-state index in [0.717, 1.165) is 0 Å². The molecule has 2 unspecified atom stereocenters. The van der Waals surface area contributed by atoms with Crippen LogP contribution in [0.15, 0.2) is 30.3 Å². The Labute approximate surface area is 155 Å². The Morgan fingerprint density at radius 3 is 1.88 bits per heavy atom. The second kappa shape index (κ2) is 9.06. The Morgan fingerprint density at radius 2 is 1.46 bits per heavy atom. The lowest BCUT2D eigenvalue weighted by Crippen LogP contribution is -2.72. The third-order valence-electron chi connectivity index (χ3n) is 4.17. The van der Waals surface area contributed by atoms with Crippen molar-refractivity contribution in [3.8, 4) is 0 Å². The van der Waals surface area contributed by atoms with Gasteiger partial charge in [-0.2, -0.15) is 0 Å². The summed E-state index contributed by atoms with van der Waals surface area (Å²) in [7, 11) is -6.22. The van der Waals surface area contributed by atoms with Gasteiger partial charge in [0.15, 0.2) is 18.1 Å². The first-order valence-electron chi connectivity index (χ1n) is 9.10. The predicted octanol–water partition coefficient (Wildman–Crippen LogP) is 3.08. The molecule has 1 aromatic rings. The van der Waals surface area contributed by atoms with Crippen molar-refractivity contribution in [1.82, 2.24) is 0 Å². The zero-order valence-electron chi connectivity index (χ0n) is 16.9. The van der Waals surface area contributed by atoms with Gasteiger partial charge >= 0.3 is 8.56 Å². The Kier molecular flexibility index (Phi) is 8.31. The van der Waals surface area contributed by atoms with Gasteiger partial charge in [0.1, 0.15) is 0 Å². The summed E-state index contributed by atoms with van der Waals surface area (Å²) >= 11 is 0. The molecule has 0 aromatic heterocycles. The van der Waals surface area contributed by atoms with Crippen molar-refractivity contribution in [1.29, 1.82) is 0 Å². The minimum atomic E-state index is -2.74. The van der Waals surface area contributed by atoms with Crippen LogP contribution in [0.25, 0.3) is 0 Å². The third kappa shape index (κ3) is 5.48. The summed E-state index contributed by atoms with van der Waals surface area (Å²) in [6, 6.07) is 10.6. The highest BCUT2D eigenvalue weighted by atomic mass is 28.4. The Balaban J connectivity index is 3.48. The third-order valence-corrected chi connectivity index (χ3v) is 14.5. The number of benzene rings is 1. The molecule has 138 valence electrons. The van der Waals surface area contributed by atoms with Gasteiger partial charge in [-0.3, -0.25) is 0 Å². The maximum absolute atomic E-state index is 6.87. The van der Waals surface area contributed by atoms with Crippen molar-refractivity contribution in [3.05, 3.63) is 30.3 Å². The van der Waals surface area contributed by atoms with Crippen molar-refractivity contribution < 1.29 is 13.0 Å². The lowest BCUT2D eigenvalue weighted by atomic mass is 10.4. The van der Waals surface area contributed by atoms with E-state index in [4.69, 9.17) is 13.0 Å². The van der Waals surface area contributed by atoms with Gasteiger partial charge in [-0.15, -0.1) is 0 Å². The van der Waals surface area contributed by atoms with Crippen molar-refractivity contribution in [2.45, 2.75) is 71.0 Å². The van der Waals surface area contributed by atoms with Gasteiger partial charge < -0.3 is 13.0 Å². The molecule has 7 heteroatoms. The molecule has 0 bridgehead atoms. The molecule has 0 saturated carbocycles. The van der Waals surface area contributed by atoms with Gasteiger partial charge in [-0.05, 0) is 52.1 Å². The average Bonchev–Trinajstić information content (AvgIpc) is 2.45. The van der Waals surface area contributed by atoms with Crippen LogP contribution in [0.4, 0.5) is 0 Å². The van der Waals surface area contributed by atoms with E-state index in [9.17, 15) is 0 Å². The standard InChI is InChI=1S/C17H36O3Si4/c1-15(21(4)5)18-24(20-23(8)9,16-13-11-10-12-14-16)17(2,3)19-22(6)7/h10-15,21-23H,1-9H3. The van der Waals surface area contributed by atoms with Crippen LogP contribution < -0.4 is 5.19 Å². The van der Waals surface area contributed by atoms with Crippen LogP contribution in [0.5, 0.6) is 0 Å². The van der Waals surface area contributed by atoms with E-state index in [2.05, 4.69) is 90.4 Å². The number of hydrogen-bond donors (Lipinski definition) is 0. The van der Waals surface area contributed by atoms with Crippen LogP contribution in [0.3, 0.4) is 0 Å². The van der Waals surface area contributed by atoms with E-state index < -0.39 is 40.7 Å². The summed E-state index contributed by atoms with van der Waals surface area (Å²) in [4.78, 5) is 0. The highest BCUT2D eigenvalue weighted by Gasteiger charge is 2.56. The van der Waals surface area contributed by atoms with E-state index in [0.29, 0.717) is 0 Å². The van der Waals surface area contributed by atoms with E-state index in [1.165, 1.54) is 5.19 Å². The molecular weight excluding hydrogens is 365 g/mol. The fraction of sp³-hybridized carbons (Fsp3) is 0.647. The summed E-state index contributed by atoms with van der Waals surface area (Å²) < 4.78 is 20.2. The lowest BCUT2D eigenvalue weighted by Gasteiger charge is -2.47. The highest BCUT2D eigenvalue weighted by molar-refractivity contribution is 6.88. The Hall–Kier alpha value is -0.0325. The first-order chi connectivity index (χ1) is 11.0. The SMILES string of the molecule is CC(O[Si](O[SiH](C)C)(c1ccccc1)C(C)(C)O[SiH](C)C)[SiH](C)C. The van der Waals surface area contributed by atoms with E-state index in [-0.39, 0.29) is 5.73 Å². The summed E-state index contributed by atoms with van der Waals surface area (Å²) in [5, 5.41) is 0.802. The maximum Gasteiger partial charge on any atom is 0.393 e. The fourth-order valence-electron chi connectivity index (χ4n) is 2.85. The van der Waals surface area contributed by atoms with Crippen molar-refractivity contribution in [3.63, 3.8) is 0 Å². The number of rotatable bonds is 9. The molecule has 0 N–H and O–H groups in total. The lowest BCUT2D eigenvalue weighted by molar-refractivity contribution is 0.106. The molecule has 0 fully saturated rings. The predicted molar refractivity (Wildman–Crippen MR) is 115 cm³/mol. The monoisotopic (exact) mass is 400 g/mol. The molecule has 0 spiro atoms. The van der Waals surface area contributed by atoms with Crippen LogP contribution in [-0.2, 0) is 13.0 Å². The molecule has 0 radical (unpaired) electrons. The summed E-state index contributed by atoms with van der Waals surface area (Å²) in [5.41, 5.74) is 0.265. The van der Waals surface area contributed by atoms with Gasteiger partial charge in [-0.25, -0.2) is 0 Å². The maximum atomic E-state index is 6.87. The molecule has 0 aliphatic carbocycles. The summed E-state index contributed by atoms with van der Waals surface area (Å²) in [5.74, 6) is 0. The molecule has 1 rings (SSSR count). The Morgan fingerprint density at radius 1 is 0.917 bits per heavy atom. The highest BCUT2D eigenvalue weighted by Crippen LogP contribution is 2.30. The van der Waals surface area contributed by atoms with E-state index in [1.807, 2.05) is 0 Å². The Bertz CT molecular complexity index is 494. The van der Waals surface area contributed by atoms with Gasteiger partial charge in [0.05, 0.1) is 14.0 Å². The molecule has 0 aliphatic heterocycles. The average molecular weight is 401 g/mol. The summed E-state index contributed by atoms with van der Waals surface area (Å²) in [6.45, 7) is 20.2. The van der Waals surface area contributed by atoms with Crippen LogP contribution >= 0.6 is 0 Å². The minimum absolute atomic E-state index is 0.265. The second-order valence-corrected chi connectivity index (χ2v) is 19.9. The second-order valence-electron chi connectivity index (χ2n) is 7.89. The van der Waals surface area contributed by atoms with Crippen LogP contribution in [0.2, 0.25) is 39.3 Å². The first kappa shape index (κ1) is 22.0. The molecule has 24 heavy (non-hydrogen) atoms. The van der Waals surface area contributed by atoms with E-state index >= 15 is 0 Å². The van der Waals surface area contributed by atoms with Crippen LogP contribution in [-0.4, -0.2) is 46.4 Å². The normalized spacial score (nSPS) is 16.7. The minimum Gasteiger partial charge on any atom is -0.434 e. The van der Waals surface area contributed by atoms with Crippen molar-refractivity contribution in [2.24, 2.45) is 0 Å². The van der Waals surface area contributed by atoms with Gasteiger partial charge in [0.25, 0.3) is 0 Å². The van der Waals surface area contributed by atoms with Gasteiger partial charge in [-0.1, -0.05) is 43.4 Å². The van der Waals surface area contributed by atoms with Crippen LogP contribution in [0, 0.1) is 0 Å². The van der Waals surface area contributed by atoms with Crippen molar-refractivity contribution in [2.75, 3.05) is 0 Å². The molecular formula is C17H36O3Si4. The molecule has 0 amide bonds. The fourth-order valence-corrected chi connectivity index (χ4v) is 13.8. The van der Waals surface area contributed by atoms with Crippen molar-refractivity contribution >= 4 is 40.6 Å². The molecule has 2 atom stereocenters. The molecule has 0 aliphatic rings. The van der Waals surface area contributed by atoms with Gasteiger partial charge in [0.2, 0.25) is 0 Å². The molecule has 3 nitrogen and oxygen atoms in total. The molecule has 0 heterocycles. The topological polar surface area (TPSA) is 27.7 Å². The molecule has 1 aromatic carbocycles. The van der Waals surface area contributed by atoms with E-state index in [1.54, 1.807) is 0 Å². The number of hydrogen-bond acceptors (Lipinski definition) is 3. The quantitative estimate of drug-likeness (QED) is 0.596. The zero-order chi connectivity index (χ0) is 18.5. The van der Waals surface area contributed by atoms with Crippen LogP contribution in [0.1, 0.15) is 20.8 Å².